The fraction of sp³-hybridized carbons (Fsp3) is 0.667. The molecule has 0 atom stereocenters. The zero-order chi connectivity index (χ0) is 11.9. The van der Waals surface area contributed by atoms with Gasteiger partial charge in [0, 0.05) is 18.4 Å². The molecule has 1 aromatic heterocycles. The van der Waals surface area contributed by atoms with Crippen molar-refractivity contribution in [3.63, 3.8) is 0 Å². The molecule has 0 bridgehead atoms. The number of nitrogens with zero attached hydrogens (tertiary/aromatic N) is 2. The lowest BCUT2D eigenvalue weighted by Crippen LogP contribution is -2.18. The number of anilines is 1. The van der Waals surface area contributed by atoms with E-state index in [0.717, 1.165) is 16.1 Å². The lowest BCUT2D eigenvalue weighted by molar-refractivity contribution is 0.541. The van der Waals surface area contributed by atoms with Crippen molar-refractivity contribution in [2.24, 2.45) is 0 Å². The van der Waals surface area contributed by atoms with Crippen molar-refractivity contribution in [2.45, 2.75) is 44.9 Å². The van der Waals surface area contributed by atoms with Gasteiger partial charge in [0.05, 0.1) is 10.2 Å². The van der Waals surface area contributed by atoms with Crippen LogP contribution >= 0.6 is 15.9 Å². The van der Waals surface area contributed by atoms with E-state index in [0.29, 0.717) is 5.92 Å². The van der Waals surface area contributed by atoms with Crippen molar-refractivity contribution in [1.82, 2.24) is 9.97 Å². The largest absolute Gasteiger partial charge is 0.372 e. The zero-order valence-corrected chi connectivity index (χ0v) is 11.8. The highest BCUT2D eigenvalue weighted by molar-refractivity contribution is 9.10. The van der Waals surface area contributed by atoms with Gasteiger partial charge in [0.15, 0.2) is 0 Å². The maximum absolute atomic E-state index is 4.72. The molecule has 1 heterocycles. The van der Waals surface area contributed by atoms with Crippen LogP contribution in [0.25, 0.3) is 0 Å². The smallest absolute Gasteiger partial charge is 0.144 e. The number of halogens is 1. The molecule has 0 unspecified atom stereocenters. The second kappa shape index (κ2) is 3.99. The molecule has 1 saturated carbocycles. The first-order valence-corrected chi connectivity index (χ1v) is 6.48. The predicted octanol–water partition coefficient (Wildman–Crippen LogP) is 3.46. The maximum atomic E-state index is 4.72. The minimum absolute atomic E-state index is 0.00403. The van der Waals surface area contributed by atoms with Gasteiger partial charge in [-0.3, -0.25) is 0 Å². The molecule has 1 N–H and O–H groups in total. The Bertz CT molecular complexity index is 405. The summed E-state index contributed by atoms with van der Waals surface area (Å²) in [5, 5.41) is 3.13. The van der Waals surface area contributed by atoms with E-state index in [1.165, 1.54) is 18.5 Å². The lowest BCUT2D eigenvalue weighted by Gasteiger charge is -2.19. The highest BCUT2D eigenvalue weighted by Crippen LogP contribution is 2.44. The van der Waals surface area contributed by atoms with E-state index < -0.39 is 0 Å². The first-order chi connectivity index (χ1) is 7.43. The van der Waals surface area contributed by atoms with Gasteiger partial charge in [0.1, 0.15) is 11.6 Å². The molecule has 88 valence electrons. The molecule has 1 aliphatic rings. The molecule has 0 amide bonds. The third kappa shape index (κ3) is 2.21. The fourth-order valence-corrected chi connectivity index (χ4v) is 2.29. The Labute approximate surface area is 105 Å². The summed E-state index contributed by atoms with van der Waals surface area (Å²) in [5.41, 5.74) is 1.17. The van der Waals surface area contributed by atoms with Crippen LogP contribution in [-0.2, 0) is 5.41 Å². The van der Waals surface area contributed by atoms with Crippen molar-refractivity contribution in [1.29, 1.82) is 0 Å². The highest BCUT2D eigenvalue weighted by atomic mass is 79.9. The van der Waals surface area contributed by atoms with Crippen LogP contribution in [0, 0.1) is 0 Å². The average Bonchev–Trinajstić information content (AvgIpc) is 3.00. The second-order valence-electron chi connectivity index (χ2n) is 5.37. The van der Waals surface area contributed by atoms with Gasteiger partial charge in [0.25, 0.3) is 0 Å². The molecule has 3 nitrogen and oxygen atoms in total. The zero-order valence-electron chi connectivity index (χ0n) is 10.3. The van der Waals surface area contributed by atoms with Gasteiger partial charge in [-0.15, -0.1) is 0 Å². The molecule has 0 aliphatic heterocycles. The summed E-state index contributed by atoms with van der Waals surface area (Å²) in [5.74, 6) is 2.45. The molecule has 2 rings (SSSR count). The number of aromatic nitrogens is 2. The monoisotopic (exact) mass is 283 g/mol. The van der Waals surface area contributed by atoms with Crippen LogP contribution in [0.4, 0.5) is 5.82 Å². The van der Waals surface area contributed by atoms with Crippen LogP contribution in [0.5, 0.6) is 0 Å². The topological polar surface area (TPSA) is 37.8 Å². The quantitative estimate of drug-likeness (QED) is 0.903. The molecular formula is C12H18BrN3. The summed E-state index contributed by atoms with van der Waals surface area (Å²) in [7, 11) is 1.90. The van der Waals surface area contributed by atoms with Crippen LogP contribution in [0.3, 0.4) is 0 Å². The first-order valence-electron chi connectivity index (χ1n) is 5.69. The van der Waals surface area contributed by atoms with Gasteiger partial charge < -0.3 is 5.32 Å². The van der Waals surface area contributed by atoms with Gasteiger partial charge >= 0.3 is 0 Å². The van der Waals surface area contributed by atoms with Crippen molar-refractivity contribution in [2.75, 3.05) is 12.4 Å². The predicted molar refractivity (Wildman–Crippen MR) is 70.0 cm³/mol. The number of hydrogen-bond acceptors (Lipinski definition) is 3. The summed E-state index contributed by atoms with van der Waals surface area (Å²) in [6.45, 7) is 6.44. The van der Waals surface area contributed by atoms with E-state index in [4.69, 9.17) is 4.98 Å². The van der Waals surface area contributed by atoms with Crippen LogP contribution < -0.4 is 5.32 Å². The molecule has 0 spiro atoms. The van der Waals surface area contributed by atoms with Gasteiger partial charge in [-0.1, -0.05) is 20.8 Å². The summed E-state index contributed by atoms with van der Waals surface area (Å²) in [4.78, 5) is 9.28. The molecular weight excluding hydrogens is 266 g/mol. The van der Waals surface area contributed by atoms with Crippen LogP contribution in [-0.4, -0.2) is 17.0 Å². The van der Waals surface area contributed by atoms with Crippen molar-refractivity contribution >= 4 is 21.7 Å². The molecule has 1 aromatic rings. The SMILES string of the molecule is CNc1nc(C(C)(C)C)nc(C2CC2)c1Br. The van der Waals surface area contributed by atoms with Crippen molar-refractivity contribution < 1.29 is 0 Å². The summed E-state index contributed by atoms with van der Waals surface area (Å²) < 4.78 is 1.03. The summed E-state index contributed by atoms with van der Waals surface area (Å²) in [6.07, 6.45) is 2.50. The summed E-state index contributed by atoms with van der Waals surface area (Å²) >= 11 is 3.60. The van der Waals surface area contributed by atoms with Crippen molar-refractivity contribution in [3.05, 3.63) is 16.0 Å². The van der Waals surface area contributed by atoms with E-state index in [1.54, 1.807) is 0 Å². The molecule has 0 radical (unpaired) electrons. The standard InChI is InChI=1S/C12H18BrN3/c1-12(2,3)11-15-9(7-5-6-7)8(13)10(14-4)16-11/h7H,5-6H2,1-4H3,(H,14,15,16). The molecule has 1 aliphatic carbocycles. The van der Waals surface area contributed by atoms with E-state index in [9.17, 15) is 0 Å². The Morgan fingerprint density at radius 3 is 2.31 bits per heavy atom. The number of hydrogen-bond donors (Lipinski definition) is 1. The Balaban J connectivity index is 2.52. The van der Waals surface area contributed by atoms with E-state index in [-0.39, 0.29) is 5.41 Å². The lowest BCUT2D eigenvalue weighted by atomic mass is 9.95. The Morgan fingerprint density at radius 1 is 1.25 bits per heavy atom. The molecule has 0 saturated heterocycles. The maximum Gasteiger partial charge on any atom is 0.144 e. The van der Waals surface area contributed by atoms with Gasteiger partial charge in [-0.25, -0.2) is 9.97 Å². The van der Waals surface area contributed by atoms with Gasteiger partial charge in [-0.05, 0) is 28.8 Å². The minimum atomic E-state index is -0.00403. The highest BCUT2D eigenvalue weighted by Gasteiger charge is 2.31. The Hall–Kier alpha value is -0.640. The van der Waals surface area contributed by atoms with Crippen molar-refractivity contribution in [3.8, 4) is 0 Å². The molecule has 0 aromatic carbocycles. The third-order valence-corrected chi connectivity index (χ3v) is 3.53. The number of rotatable bonds is 2. The Morgan fingerprint density at radius 2 is 1.88 bits per heavy atom. The van der Waals surface area contributed by atoms with Crippen LogP contribution in [0.1, 0.15) is 51.0 Å². The third-order valence-electron chi connectivity index (χ3n) is 2.75. The van der Waals surface area contributed by atoms with Gasteiger partial charge in [0.2, 0.25) is 0 Å². The van der Waals surface area contributed by atoms with E-state index >= 15 is 0 Å². The summed E-state index contributed by atoms with van der Waals surface area (Å²) in [6, 6.07) is 0. The fourth-order valence-electron chi connectivity index (χ4n) is 1.59. The van der Waals surface area contributed by atoms with E-state index in [1.807, 2.05) is 7.05 Å². The number of nitrogens with one attached hydrogen (secondary N) is 1. The molecule has 1 fully saturated rings. The van der Waals surface area contributed by atoms with E-state index in [2.05, 4.69) is 47.0 Å². The average molecular weight is 284 g/mol. The van der Waals surface area contributed by atoms with Crippen LogP contribution in [0.15, 0.2) is 4.47 Å². The normalized spacial score (nSPS) is 16.3. The van der Waals surface area contributed by atoms with Gasteiger partial charge in [-0.2, -0.15) is 0 Å². The second-order valence-corrected chi connectivity index (χ2v) is 6.16. The molecule has 16 heavy (non-hydrogen) atoms. The first kappa shape index (κ1) is 11.8. The Kier molecular flexibility index (Phi) is 2.95. The minimum Gasteiger partial charge on any atom is -0.372 e. The van der Waals surface area contributed by atoms with Crippen LogP contribution in [0.2, 0.25) is 0 Å². The molecule has 4 heteroatoms.